The summed E-state index contributed by atoms with van der Waals surface area (Å²) in [6, 6.07) is 7.55. The lowest BCUT2D eigenvalue weighted by atomic mass is 9.99. The summed E-state index contributed by atoms with van der Waals surface area (Å²) in [5.41, 5.74) is -0.217. The first-order valence-electron chi connectivity index (χ1n) is 5.48. The van der Waals surface area contributed by atoms with Crippen molar-refractivity contribution >= 4 is 27.9 Å². The van der Waals surface area contributed by atoms with Crippen LogP contribution in [0, 0.1) is 5.41 Å². The Hall–Kier alpha value is -1.36. The standard InChI is InChI=1S/C13H13BrO4/c1-17-11(15)13(12(16)18-2)7-10(13)8-3-5-9(14)6-4-8/h3-6,10H,7H2,1-2H3/t10-/m1/s1. The molecule has 0 bridgehead atoms. The first-order valence-corrected chi connectivity index (χ1v) is 6.28. The summed E-state index contributed by atoms with van der Waals surface area (Å²) in [6.45, 7) is 0. The Kier molecular flexibility index (Phi) is 3.43. The fourth-order valence-corrected chi connectivity index (χ4v) is 2.52. The van der Waals surface area contributed by atoms with Gasteiger partial charge < -0.3 is 9.47 Å². The van der Waals surface area contributed by atoms with Crippen LogP contribution in [0.3, 0.4) is 0 Å². The lowest BCUT2D eigenvalue weighted by Crippen LogP contribution is -2.30. The first kappa shape index (κ1) is 13.1. The maximum atomic E-state index is 11.8. The number of carbonyl (C=O) groups excluding carboxylic acids is 2. The summed E-state index contributed by atoms with van der Waals surface area (Å²) in [5, 5.41) is 0. The van der Waals surface area contributed by atoms with E-state index in [4.69, 9.17) is 9.47 Å². The first-order chi connectivity index (χ1) is 8.56. The van der Waals surface area contributed by atoms with Crippen molar-refractivity contribution in [2.75, 3.05) is 14.2 Å². The molecule has 1 atom stereocenters. The molecule has 0 N–H and O–H groups in total. The molecule has 0 heterocycles. The highest BCUT2D eigenvalue weighted by Crippen LogP contribution is 2.60. The zero-order valence-electron chi connectivity index (χ0n) is 10.1. The molecule has 0 spiro atoms. The van der Waals surface area contributed by atoms with Crippen LogP contribution < -0.4 is 0 Å². The molecular weight excluding hydrogens is 300 g/mol. The van der Waals surface area contributed by atoms with Gasteiger partial charge in [-0.25, -0.2) is 0 Å². The molecule has 0 aromatic heterocycles. The molecule has 1 aromatic rings. The van der Waals surface area contributed by atoms with E-state index in [9.17, 15) is 9.59 Å². The van der Waals surface area contributed by atoms with Gasteiger partial charge in [-0.1, -0.05) is 28.1 Å². The molecule has 0 amide bonds. The number of hydrogen-bond donors (Lipinski definition) is 0. The second kappa shape index (κ2) is 4.72. The molecule has 2 rings (SSSR count). The zero-order chi connectivity index (χ0) is 13.3. The summed E-state index contributed by atoms with van der Waals surface area (Å²) in [5.74, 6) is -1.21. The summed E-state index contributed by atoms with van der Waals surface area (Å²) >= 11 is 3.35. The van der Waals surface area contributed by atoms with Crippen molar-refractivity contribution in [1.82, 2.24) is 0 Å². The third-order valence-electron chi connectivity index (χ3n) is 3.33. The van der Waals surface area contributed by atoms with E-state index >= 15 is 0 Å². The molecule has 1 aliphatic rings. The van der Waals surface area contributed by atoms with Crippen molar-refractivity contribution in [3.8, 4) is 0 Å². The Morgan fingerprint density at radius 1 is 1.17 bits per heavy atom. The van der Waals surface area contributed by atoms with Crippen LogP contribution in [0.1, 0.15) is 17.9 Å². The quantitative estimate of drug-likeness (QED) is 0.634. The molecule has 0 unspecified atom stereocenters. The number of carbonyl (C=O) groups is 2. The Labute approximate surface area is 113 Å². The minimum absolute atomic E-state index is 0.162. The number of benzene rings is 1. The highest BCUT2D eigenvalue weighted by atomic mass is 79.9. The Bertz CT molecular complexity index is 464. The average molecular weight is 313 g/mol. The van der Waals surface area contributed by atoms with Gasteiger partial charge >= 0.3 is 11.9 Å². The lowest BCUT2D eigenvalue weighted by molar-refractivity contribution is -0.161. The van der Waals surface area contributed by atoms with Gasteiger partial charge in [-0.2, -0.15) is 0 Å². The van der Waals surface area contributed by atoms with Crippen LogP contribution in [-0.2, 0) is 19.1 Å². The molecule has 0 saturated heterocycles. The van der Waals surface area contributed by atoms with Gasteiger partial charge in [0, 0.05) is 10.4 Å². The van der Waals surface area contributed by atoms with Gasteiger partial charge in [0.25, 0.3) is 0 Å². The molecule has 4 nitrogen and oxygen atoms in total. The summed E-state index contributed by atoms with van der Waals surface area (Å²) in [6.07, 6.45) is 0.438. The topological polar surface area (TPSA) is 52.6 Å². The van der Waals surface area contributed by atoms with Crippen molar-refractivity contribution in [3.05, 3.63) is 34.3 Å². The number of ether oxygens (including phenoxy) is 2. The number of rotatable bonds is 3. The van der Waals surface area contributed by atoms with Crippen LogP contribution in [-0.4, -0.2) is 26.2 Å². The van der Waals surface area contributed by atoms with Crippen LogP contribution in [0.2, 0.25) is 0 Å². The normalized spacial score (nSPS) is 20.1. The fraction of sp³-hybridized carbons (Fsp3) is 0.385. The van der Waals surface area contributed by atoms with Crippen molar-refractivity contribution in [3.63, 3.8) is 0 Å². The molecule has 5 heteroatoms. The predicted octanol–water partition coefficient (Wildman–Crippen LogP) is 2.27. The van der Waals surface area contributed by atoms with E-state index in [1.807, 2.05) is 24.3 Å². The number of hydrogen-bond acceptors (Lipinski definition) is 4. The average Bonchev–Trinajstić information content (AvgIpc) is 3.14. The lowest BCUT2D eigenvalue weighted by Gasteiger charge is -2.12. The smallest absolute Gasteiger partial charge is 0.323 e. The molecule has 1 fully saturated rings. The molecule has 1 saturated carbocycles. The van der Waals surface area contributed by atoms with Gasteiger partial charge in [-0.3, -0.25) is 9.59 Å². The van der Waals surface area contributed by atoms with Crippen molar-refractivity contribution in [2.24, 2.45) is 5.41 Å². The summed E-state index contributed by atoms with van der Waals surface area (Å²) < 4.78 is 10.4. The second-order valence-corrected chi connectivity index (χ2v) is 5.18. The Morgan fingerprint density at radius 3 is 2.11 bits per heavy atom. The van der Waals surface area contributed by atoms with Crippen molar-refractivity contribution in [1.29, 1.82) is 0 Å². The minimum atomic E-state index is -1.16. The van der Waals surface area contributed by atoms with Gasteiger partial charge in [0.1, 0.15) is 0 Å². The van der Waals surface area contributed by atoms with E-state index in [0.717, 1.165) is 10.0 Å². The highest BCUT2D eigenvalue weighted by Gasteiger charge is 2.68. The monoisotopic (exact) mass is 312 g/mol. The van der Waals surface area contributed by atoms with E-state index in [2.05, 4.69) is 15.9 Å². The fourth-order valence-electron chi connectivity index (χ4n) is 2.26. The van der Waals surface area contributed by atoms with E-state index in [1.54, 1.807) is 0 Å². The SMILES string of the molecule is COC(=O)C1(C(=O)OC)C[C@@H]1c1ccc(Br)cc1. The molecular formula is C13H13BrO4. The summed E-state index contributed by atoms with van der Waals surface area (Å²) in [7, 11) is 2.56. The van der Waals surface area contributed by atoms with Crippen LogP contribution in [0.15, 0.2) is 28.7 Å². The van der Waals surface area contributed by atoms with Gasteiger partial charge in [-0.05, 0) is 24.1 Å². The van der Waals surface area contributed by atoms with Crippen molar-refractivity contribution in [2.45, 2.75) is 12.3 Å². The van der Waals surface area contributed by atoms with Crippen molar-refractivity contribution < 1.29 is 19.1 Å². The van der Waals surface area contributed by atoms with Crippen LogP contribution in [0.5, 0.6) is 0 Å². The highest BCUT2D eigenvalue weighted by molar-refractivity contribution is 9.10. The molecule has 96 valence electrons. The van der Waals surface area contributed by atoms with Crippen LogP contribution >= 0.6 is 15.9 Å². The maximum absolute atomic E-state index is 11.8. The van der Waals surface area contributed by atoms with E-state index < -0.39 is 17.4 Å². The molecule has 1 aliphatic carbocycles. The van der Waals surface area contributed by atoms with Gasteiger partial charge in [-0.15, -0.1) is 0 Å². The van der Waals surface area contributed by atoms with Gasteiger partial charge in [0.05, 0.1) is 14.2 Å². The maximum Gasteiger partial charge on any atom is 0.323 e. The molecule has 1 aromatic carbocycles. The largest absolute Gasteiger partial charge is 0.468 e. The van der Waals surface area contributed by atoms with E-state index in [-0.39, 0.29) is 5.92 Å². The minimum Gasteiger partial charge on any atom is -0.468 e. The van der Waals surface area contributed by atoms with E-state index in [1.165, 1.54) is 14.2 Å². The molecule has 0 radical (unpaired) electrons. The third-order valence-corrected chi connectivity index (χ3v) is 3.86. The predicted molar refractivity (Wildman–Crippen MR) is 68.0 cm³/mol. The Balaban J connectivity index is 2.30. The summed E-state index contributed by atoms with van der Waals surface area (Å²) in [4.78, 5) is 23.6. The van der Waals surface area contributed by atoms with Gasteiger partial charge in [0.15, 0.2) is 5.41 Å². The number of methoxy groups -OCH3 is 2. The third kappa shape index (κ3) is 1.92. The Morgan fingerprint density at radius 2 is 1.67 bits per heavy atom. The van der Waals surface area contributed by atoms with Gasteiger partial charge in [0.2, 0.25) is 0 Å². The van der Waals surface area contributed by atoms with Crippen LogP contribution in [0.25, 0.3) is 0 Å². The zero-order valence-corrected chi connectivity index (χ0v) is 11.7. The van der Waals surface area contributed by atoms with E-state index in [0.29, 0.717) is 6.42 Å². The number of halogens is 1. The number of esters is 2. The van der Waals surface area contributed by atoms with Crippen LogP contribution in [0.4, 0.5) is 0 Å². The molecule has 0 aliphatic heterocycles. The molecule has 18 heavy (non-hydrogen) atoms. The second-order valence-electron chi connectivity index (χ2n) is 4.26.